The minimum absolute atomic E-state index is 0. The van der Waals surface area contributed by atoms with Crippen molar-refractivity contribution in [2.75, 3.05) is 0 Å². The molecule has 0 nitrogen and oxygen atoms in total. The minimum atomic E-state index is 0. The molecule has 5 aliphatic rings. The Kier molecular flexibility index (Phi) is 9.69. The maximum absolute atomic E-state index is 5.72. The number of rotatable bonds is 9. The Morgan fingerprint density at radius 3 is 2.29 bits per heavy atom. The molecule has 0 aromatic rings. The quantitative estimate of drug-likeness (QED) is 0.150. The van der Waals surface area contributed by atoms with E-state index < -0.39 is 0 Å². The third-order valence-corrected chi connectivity index (χ3v) is 14.1. The number of terminal acetylenes is 1. The highest BCUT2D eigenvalue weighted by Crippen LogP contribution is 2.77. The first kappa shape index (κ1) is 32.4. The molecule has 0 amide bonds. The average Bonchev–Trinajstić information content (AvgIpc) is 3.73. The van der Waals surface area contributed by atoms with E-state index >= 15 is 0 Å². The minimum Gasteiger partial charge on any atom is -0.115 e. The molecule has 8 atom stereocenters. The molecule has 0 spiro atoms. The number of hydrogen-bond acceptors (Lipinski definition) is 0. The molecule has 0 heterocycles. The molecule has 0 bridgehead atoms. The molecule has 5 fully saturated rings. The molecule has 5 rings (SSSR count). The fraction of sp³-hybridized carbons (Fsp3) is 0.756. The SMILES string of the molecule is C.C#CC(/C=C\C(=C)CC(=CC)[C@H]1CC[C@H]2C3CCC4(C)C[C@](C)(CC)CCC4(C4CC4)C3CC[C@]12CC)=C/CC.[HH]. The van der Waals surface area contributed by atoms with Crippen LogP contribution in [0.1, 0.15) is 147 Å². The van der Waals surface area contributed by atoms with Crippen LogP contribution in [0.15, 0.2) is 47.6 Å². The lowest BCUT2D eigenvalue weighted by Gasteiger charge is -2.68. The monoisotopic (exact) mass is 559 g/mol. The Bertz CT molecular complexity index is 1090. The molecule has 4 unspecified atom stereocenters. The molecule has 0 N–H and O–H groups in total. The van der Waals surface area contributed by atoms with Gasteiger partial charge in [0.1, 0.15) is 0 Å². The number of fused-ring (bicyclic) bond motifs is 5. The van der Waals surface area contributed by atoms with Crippen LogP contribution in [0.5, 0.6) is 0 Å². The maximum atomic E-state index is 5.72. The standard InChI is InChI=1S/C40H60.CH4.H2/c1-9-14-30(10-2)16-15-29(6)27-31(11-3)34-19-20-35-33-21-23-38(8)28-37(7,12-4)25-26-40(38,32-17-18-32)36(33)22-24-39(34,35)13-5;;/h2,11,14-16,32-36H,6,9,12-13,17-28H2,1,3-5,7-8H3;1H4;1H/b16-15-,30-14-,31-11?;;/t33?,34-,35+,36?,37-,38?,39-,40?;;/m1../s1. The van der Waals surface area contributed by atoms with Crippen molar-refractivity contribution < 1.29 is 1.43 Å². The van der Waals surface area contributed by atoms with Crippen LogP contribution in [0, 0.1) is 63.6 Å². The van der Waals surface area contributed by atoms with E-state index in [1.165, 1.54) is 89.0 Å². The summed E-state index contributed by atoms with van der Waals surface area (Å²) in [5, 5.41) is 0. The fourth-order valence-electron chi connectivity index (χ4n) is 12.1. The van der Waals surface area contributed by atoms with Crippen molar-refractivity contribution in [2.45, 2.75) is 145 Å². The Morgan fingerprint density at radius 1 is 0.927 bits per heavy atom. The van der Waals surface area contributed by atoms with E-state index in [9.17, 15) is 0 Å². The predicted octanol–water partition coefficient (Wildman–Crippen LogP) is 12.5. The molecule has 41 heavy (non-hydrogen) atoms. The van der Waals surface area contributed by atoms with Gasteiger partial charge in [0, 0.05) is 7.00 Å². The van der Waals surface area contributed by atoms with E-state index in [-0.39, 0.29) is 8.85 Å². The molecule has 0 radical (unpaired) electrons. The van der Waals surface area contributed by atoms with Crippen LogP contribution in [-0.4, -0.2) is 0 Å². The third kappa shape index (κ3) is 5.29. The molecule has 5 aliphatic carbocycles. The zero-order valence-corrected chi connectivity index (χ0v) is 27.1. The van der Waals surface area contributed by atoms with Crippen LogP contribution >= 0.6 is 0 Å². The molecule has 230 valence electrons. The molecule has 0 aliphatic heterocycles. The molecular weight excluding hydrogens is 492 g/mol. The lowest BCUT2D eigenvalue weighted by Crippen LogP contribution is -2.61. The van der Waals surface area contributed by atoms with Gasteiger partial charge in [0.15, 0.2) is 0 Å². The second-order valence-electron chi connectivity index (χ2n) is 15.6. The smallest absolute Gasteiger partial charge is 0.0202 e. The van der Waals surface area contributed by atoms with Gasteiger partial charge in [0.05, 0.1) is 0 Å². The van der Waals surface area contributed by atoms with Crippen molar-refractivity contribution in [1.82, 2.24) is 0 Å². The highest BCUT2D eigenvalue weighted by molar-refractivity contribution is 5.39. The highest BCUT2D eigenvalue weighted by Gasteiger charge is 2.69. The lowest BCUT2D eigenvalue weighted by molar-refractivity contribution is -0.195. The first-order chi connectivity index (χ1) is 19.2. The first-order valence-corrected chi connectivity index (χ1v) is 17.3. The summed E-state index contributed by atoms with van der Waals surface area (Å²) in [6.07, 6.45) is 35.7. The molecular formula is C41H66. The van der Waals surface area contributed by atoms with Crippen LogP contribution in [0.2, 0.25) is 0 Å². The summed E-state index contributed by atoms with van der Waals surface area (Å²) in [7, 11) is 0. The largest absolute Gasteiger partial charge is 0.115 e. The summed E-state index contributed by atoms with van der Waals surface area (Å²) in [6.45, 7) is 19.3. The summed E-state index contributed by atoms with van der Waals surface area (Å²) < 4.78 is 0. The van der Waals surface area contributed by atoms with Gasteiger partial charge in [0.25, 0.3) is 0 Å². The van der Waals surface area contributed by atoms with Gasteiger partial charge >= 0.3 is 0 Å². The lowest BCUT2D eigenvalue weighted by atomic mass is 9.36. The van der Waals surface area contributed by atoms with Crippen molar-refractivity contribution in [3.05, 3.63) is 47.6 Å². The van der Waals surface area contributed by atoms with E-state index in [1.807, 2.05) is 0 Å². The summed E-state index contributed by atoms with van der Waals surface area (Å²) in [5.74, 6) is 7.48. The van der Waals surface area contributed by atoms with Crippen LogP contribution < -0.4 is 0 Å². The summed E-state index contributed by atoms with van der Waals surface area (Å²) in [4.78, 5) is 0. The number of hydrogen-bond donors (Lipinski definition) is 0. The summed E-state index contributed by atoms with van der Waals surface area (Å²) >= 11 is 0. The normalized spacial score (nSPS) is 42.6. The molecule has 0 aromatic carbocycles. The van der Waals surface area contributed by atoms with Gasteiger partial charge in [-0.2, -0.15) is 0 Å². The van der Waals surface area contributed by atoms with Gasteiger partial charge in [-0.15, -0.1) is 6.42 Å². The Balaban J connectivity index is 0.00000242. The van der Waals surface area contributed by atoms with Crippen molar-refractivity contribution in [3.63, 3.8) is 0 Å². The maximum Gasteiger partial charge on any atom is 0.0202 e. The van der Waals surface area contributed by atoms with E-state index in [0.717, 1.165) is 48.0 Å². The third-order valence-electron chi connectivity index (χ3n) is 14.1. The number of allylic oxidation sites excluding steroid dienone is 7. The van der Waals surface area contributed by atoms with Gasteiger partial charge in [-0.05, 0) is 154 Å². The molecule has 0 aromatic heterocycles. The Hall–Kier alpha value is -1.48. The summed E-state index contributed by atoms with van der Waals surface area (Å²) in [5.41, 5.74) is 6.14. The predicted molar refractivity (Wildman–Crippen MR) is 183 cm³/mol. The van der Waals surface area contributed by atoms with Gasteiger partial charge in [0.2, 0.25) is 0 Å². The molecule has 0 saturated heterocycles. The fourth-order valence-corrected chi connectivity index (χ4v) is 12.1. The van der Waals surface area contributed by atoms with E-state index in [4.69, 9.17) is 6.42 Å². The zero-order chi connectivity index (χ0) is 28.8. The topological polar surface area (TPSA) is 0 Å². The van der Waals surface area contributed by atoms with Crippen molar-refractivity contribution in [1.29, 1.82) is 0 Å². The average molecular weight is 559 g/mol. The highest BCUT2D eigenvalue weighted by atomic mass is 14.7. The molecule has 0 heteroatoms. The van der Waals surface area contributed by atoms with Crippen molar-refractivity contribution >= 4 is 0 Å². The van der Waals surface area contributed by atoms with Crippen LogP contribution in [0.4, 0.5) is 0 Å². The van der Waals surface area contributed by atoms with Crippen LogP contribution in [-0.2, 0) is 0 Å². The van der Waals surface area contributed by atoms with Gasteiger partial charge in [-0.3, -0.25) is 0 Å². The zero-order valence-electron chi connectivity index (χ0n) is 27.1. The van der Waals surface area contributed by atoms with Crippen LogP contribution in [0.3, 0.4) is 0 Å². The van der Waals surface area contributed by atoms with Gasteiger partial charge in [-0.25, -0.2) is 0 Å². The summed E-state index contributed by atoms with van der Waals surface area (Å²) in [6, 6.07) is 0. The van der Waals surface area contributed by atoms with E-state index in [1.54, 1.807) is 5.57 Å². The van der Waals surface area contributed by atoms with E-state index in [2.05, 4.69) is 78.3 Å². The van der Waals surface area contributed by atoms with Crippen LogP contribution in [0.25, 0.3) is 0 Å². The van der Waals surface area contributed by atoms with Gasteiger partial charge < -0.3 is 0 Å². The first-order valence-electron chi connectivity index (χ1n) is 17.3. The van der Waals surface area contributed by atoms with Crippen molar-refractivity contribution in [3.8, 4) is 12.3 Å². The second kappa shape index (κ2) is 12.3. The molecule has 5 saturated carbocycles. The van der Waals surface area contributed by atoms with Crippen molar-refractivity contribution in [2.24, 2.45) is 51.2 Å². The van der Waals surface area contributed by atoms with Gasteiger partial charge in [-0.1, -0.05) is 90.3 Å². The Labute approximate surface area is 257 Å². The second-order valence-corrected chi connectivity index (χ2v) is 15.6. The van der Waals surface area contributed by atoms with E-state index in [0.29, 0.717) is 21.7 Å². The Morgan fingerprint density at radius 2 is 1.68 bits per heavy atom.